The van der Waals surface area contributed by atoms with Gasteiger partial charge in [0.25, 0.3) is 0 Å². The normalized spacial score (nSPS) is 18.8. The van der Waals surface area contributed by atoms with Crippen molar-refractivity contribution in [1.82, 2.24) is 9.88 Å². The fourth-order valence-corrected chi connectivity index (χ4v) is 4.60. The molecule has 1 N–H and O–H groups in total. The van der Waals surface area contributed by atoms with Gasteiger partial charge in [0.2, 0.25) is 11.8 Å². The number of anilines is 1. The molecule has 0 radical (unpaired) electrons. The number of carbonyl (C=O) groups excluding carboxylic acids is 2. The highest BCUT2D eigenvalue weighted by molar-refractivity contribution is 7.22. The quantitative estimate of drug-likeness (QED) is 0.679. The van der Waals surface area contributed by atoms with Crippen molar-refractivity contribution in [3.8, 4) is 11.5 Å². The third-order valence-corrected chi connectivity index (χ3v) is 6.27. The molecule has 2 aliphatic rings. The van der Waals surface area contributed by atoms with Crippen molar-refractivity contribution in [3.05, 3.63) is 48.5 Å². The van der Waals surface area contributed by atoms with E-state index in [1.807, 2.05) is 48.5 Å². The molecule has 2 aromatic carbocycles. The van der Waals surface area contributed by atoms with Crippen LogP contribution in [0.25, 0.3) is 10.2 Å². The molecule has 2 amide bonds. The summed E-state index contributed by atoms with van der Waals surface area (Å²) < 4.78 is 6.81. The number of amides is 2. The summed E-state index contributed by atoms with van der Waals surface area (Å²) in [6.45, 7) is 0.674. The predicted molar refractivity (Wildman–Crippen MR) is 112 cm³/mol. The lowest BCUT2D eigenvalue weighted by Gasteiger charge is -2.23. The zero-order chi connectivity index (χ0) is 19.8. The lowest BCUT2D eigenvalue weighted by atomic mass is 10.2. The van der Waals surface area contributed by atoms with E-state index in [2.05, 4.69) is 10.3 Å². The van der Waals surface area contributed by atoms with E-state index in [4.69, 9.17) is 4.74 Å². The summed E-state index contributed by atoms with van der Waals surface area (Å²) in [4.78, 5) is 31.5. The van der Waals surface area contributed by atoms with Crippen molar-refractivity contribution in [2.75, 3.05) is 11.9 Å². The molecule has 7 heteroatoms. The van der Waals surface area contributed by atoms with E-state index in [1.165, 1.54) is 11.3 Å². The Kier molecular flexibility index (Phi) is 4.67. The number of rotatable bonds is 5. The third-order valence-electron chi connectivity index (χ3n) is 5.33. The summed E-state index contributed by atoms with van der Waals surface area (Å²) in [5.41, 5.74) is 0.808. The predicted octanol–water partition coefficient (Wildman–Crippen LogP) is 4.43. The molecule has 1 unspecified atom stereocenters. The molecule has 1 saturated heterocycles. The Hall–Kier alpha value is -2.93. The van der Waals surface area contributed by atoms with Crippen LogP contribution in [0.3, 0.4) is 0 Å². The summed E-state index contributed by atoms with van der Waals surface area (Å²) in [5, 5.41) is 3.47. The summed E-state index contributed by atoms with van der Waals surface area (Å²) in [5.74, 6) is 1.62. The van der Waals surface area contributed by atoms with E-state index in [0.29, 0.717) is 18.1 Å². The van der Waals surface area contributed by atoms with Crippen molar-refractivity contribution in [2.24, 2.45) is 5.92 Å². The fourth-order valence-electron chi connectivity index (χ4n) is 3.70. The summed E-state index contributed by atoms with van der Waals surface area (Å²) in [6.07, 6.45) is 3.49. The fraction of sp³-hybridized carbons (Fsp3) is 0.318. The lowest BCUT2D eigenvalue weighted by Crippen LogP contribution is -2.43. The molecular weight excluding hydrogens is 386 g/mol. The first kappa shape index (κ1) is 18.1. The van der Waals surface area contributed by atoms with Crippen LogP contribution in [-0.4, -0.2) is 34.3 Å². The molecule has 1 aliphatic heterocycles. The molecule has 29 heavy (non-hydrogen) atoms. The standard InChI is InChI=1S/C22H21N3O3S/c26-20(18-7-4-12-25(18)21(27)14-8-9-14)24-22-23-17-11-10-16(13-19(17)29-22)28-15-5-2-1-3-6-15/h1-3,5-6,10-11,13-14,18H,4,7-9,12H2,(H,23,24,26). The third kappa shape index (κ3) is 3.82. The molecular formula is C22H21N3O3S. The number of para-hydroxylation sites is 1. The SMILES string of the molecule is O=C(Nc1nc2ccc(Oc3ccccc3)cc2s1)C1CCCN1C(=O)C1CC1. The van der Waals surface area contributed by atoms with Crippen molar-refractivity contribution in [3.63, 3.8) is 0 Å². The zero-order valence-corrected chi connectivity index (χ0v) is 16.7. The Bertz CT molecular complexity index is 1060. The number of hydrogen-bond acceptors (Lipinski definition) is 5. The van der Waals surface area contributed by atoms with Crippen molar-refractivity contribution in [1.29, 1.82) is 0 Å². The summed E-state index contributed by atoms with van der Waals surface area (Å²) >= 11 is 1.41. The minimum Gasteiger partial charge on any atom is -0.457 e. The topological polar surface area (TPSA) is 71.5 Å². The number of nitrogens with zero attached hydrogens (tertiary/aromatic N) is 2. The van der Waals surface area contributed by atoms with Gasteiger partial charge in [-0.25, -0.2) is 4.98 Å². The maximum absolute atomic E-state index is 12.8. The van der Waals surface area contributed by atoms with Gasteiger partial charge in [0.1, 0.15) is 17.5 Å². The Balaban J connectivity index is 1.30. The van der Waals surface area contributed by atoms with Gasteiger partial charge in [0.05, 0.1) is 10.2 Å². The van der Waals surface area contributed by atoms with E-state index < -0.39 is 0 Å². The van der Waals surface area contributed by atoms with Gasteiger partial charge in [-0.15, -0.1) is 0 Å². The average molecular weight is 407 g/mol. The van der Waals surface area contributed by atoms with Crippen molar-refractivity contribution < 1.29 is 14.3 Å². The Morgan fingerprint density at radius 2 is 1.90 bits per heavy atom. The number of benzene rings is 2. The van der Waals surface area contributed by atoms with Crippen LogP contribution >= 0.6 is 11.3 Å². The number of hydrogen-bond donors (Lipinski definition) is 1. The van der Waals surface area contributed by atoms with Crippen LogP contribution < -0.4 is 10.1 Å². The van der Waals surface area contributed by atoms with Crippen molar-refractivity contribution >= 4 is 38.5 Å². The van der Waals surface area contributed by atoms with Gasteiger partial charge in [-0.1, -0.05) is 29.5 Å². The molecule has 2 heterocycles. The number of nitrogens with one attached hydrogen (secondary N) is 1. The largest absolute Gasteiger partial charge is 0.457 e. The molecule has 1 atom stereocenters. The van der Waals surface area contributed by atoms with Crippen LogP contribution in [-0.2, 0) is 9.59 Å². The van der Waals surface area contributed by atoms with Crippen LogP contribution in [0.15, 0.2) is 48.5 Å². The molecule has 0 spiro atoms. The van der Waals surface area contributed by atoms with Gasteiger partial charge in [-0.2, -0.15) is 0 Å². The molecule has 1 aliphatic carbocycles. The van der Waals surface area contributed by atoms with E-state index >= 15 is 0 Å². The molecule has 0 bridgehead atoms. The average Bonchev–Trinajstić information content (AvgIpc) is 3.32. The minimum atomic E-state index is -0.382. The molecule has 2 fully saturated rings. The highest BCUT2D eigenvalue weighted by Crippen LogP contribution is 2.35. The minimum absolute atomic E-state index is 0.133. The first-order valence-electron chi connectivity index (χ1n) is 9.92. The first-order valence-corrected chi connectivity index (χ1v) is 10.7. The molecule has 6 nitrogen and oxygen atoms in total. The van der Waals surface area contributed by atoms with Gasteiger partial charge in [-0.3, -0.25) is 9.59 Å². The smallest absolute Gasteiger partial charge is 0.248 e. The van der Waals surface area contributed by atoms with E-state index in [-0.39, 0.29) is 23.8 Å². The van der Waals surface area contributed by atoms with Gasteiger partial charge in [-0.05, 0) is 49.9 Å². The first-order chi connectivity index (χ1) is 14.2. The molecule has 1 aromatic heterocycles. The van der Waals surface area contributed by atoms with Crippen LogP contribution in [0, 0.1) is 5.92 Å². The van der Waals surface area contributed by atoms with Crippen LogP contribution in [0.2, 0.25) is 0 Å². The number of thiazole rings is 1. The van der Waals surface area contributed by atoms with Gasteiger partial charge in [0, 0.05) is 18.5 Å². The second-order valence-corrected chi connectivity index (χ2v) is 8.55. The van der Waals surface area contributed by atoms with E-state index in [1.54, 1.807) is 4.90 Å². The van der Waals surface area contributed by atoms with Gasteiger partial charge >= 0.3 is 0 Å². The lowest BCUT2D eigenvalue weighted by molar-refractivity contribution is -0.137. The van der Waals surface area contributed by atoms with Crippen molar-refractivity contribution in [2.45, 2.75) is 31.7 Å². The maximum atomic E-state index is 12.8. The van der Waals surface area contributed by atoms with Gasteiger partial charge in [0.15, 0.2) is 5.13 Å². The monoisotopic (exact) mass is 407 g/mol. The van der Waals surface area contributed by atoms with E-state index in [9.17, 15) is 9.59 Å². The second-order valence-electron chi connectivity index (χ2n) is 7.52. The summed E-state index contributed by atoms with van der Waals surface area (Å²) in [6, 6.07) is 14.9. The number of aromatic nitrogens is 1. The Morgan fingerprint density at radius 3 is 2.69 bits per heavy atom. The number of ether oxygens (including phenoxy) is 1. The van der Waals surface area contributed by atoms with Gasteiger partial charge < -0.3 is 15.0 Å². The van der Waals surface area contributed by atoms with E-state index in [0.717, 1.165) is 41.0 Å². The second kappa shape index (κ2) is 7.48. The van der Waals surface area contributed by atoms with Crippen LogP contribution in [0.1, 0.15) is 25.7 Å². The molecule has 1 saturated carbocycles. The van der Waals surface area contributed by atoms with Crippen LogP contribution in [0.5, 0.6) is 11.5 Å². The highest BCUT2D eigenvalue weighted by Gasteiger charge is 2.41. The number of carbonyl (C=O) groups is 2. The summed E-state index contributed by atoms with van der Waals surface area (Å²) in [7, 11) is 0. The Labute approximate surface area is 172 Å². The molecule has 148 valence electrons. The number of fused-ring (bicyclic) bond motifs is 1. The molecule has 5 rings (SSSR count). The van der Waals surface area contributed by atoms with Crippen LogP contribution in [0.4, 0.5) is 5.13 Å². The molecule has 3 aromatic rings. The highest BCUT2D eigenvalue weighted by atomic mass is 32.1. The Morgan fingerprint density at radius 1 is 1.07 bits per heavy atom. The zero-order valence-electron chi connectivity index (χ0n) is 15.8. The maximum Gasteiger partial charge on any atom is 0.248 e. The number of likely N-dealkylation sites (tertiary alicyclic amines) is 1.